The molecule has 3 aromatic carbocycles. The number of nitrogens with one attached hydrogen (secondary N) is 1. The molecule has 0 aliphatic rings. The van der Waals surface area contributed by atoms with Gasteiger partial charge in [-0.15, -0.1) is 0 Å². The van der Waals surface area contributed by atoms with Gasteiger partial charge in [0.25, 0.3) is 5.56 Å². The normalized spacial score (nSPS) is 12.2. The van der Waals surface area contributed by atoms with Gasteiger partial charge < -0.3 is 14.8 Å². The van der Waals surface area contributed by atoms with Gasteiger partial charge in [0.2, 0.25) is 15.9 Å². The van der Waals surface area contributed by atoms with E-state index in [0.717, 1.165) is 23.2 Å². The molecule has 1 atom stereocenters. The fraction of sp³-hybridized carbons (Fsp3) is 0.300. The van der Waals surface area contributed by atoms with Crippen LogP contribution >= 0.6 is 11.8 Å². The lowest BCUT2D eigenvalue weighted by Crippen LogP contribution is -2.29. The predicted octanol–water partition coefficient (Wildman–Crippen LogP) is 4.38. The number of carbonyl (C=O) groups is 1. The molecule has 0 unspecified atom stereocenters. The maximum atomic E-state index is 13.9. The smallest absolute Gasteiger partial charge is 0.262 e. The van der Waals surface area contributed by atoms with Crippen molar-refractivity contribution in [3.8, 4) is 11.5 Å². The average molecular weight is 611 g/mol. The van der Waals surface area contributed by atoms with Gasteiger partial charge in [0, 0.05) is 18.3 Å². The Balaban J connectivity index is 1.72. The quantitative estimate of drug-likeness (QED) is 0.178. The van der Waals surface area contributed by atoms with Crippen molar-refractivity contribution in [3.63, 3.8) is 0 Å². The first-order valence-electron chi connectivity index (χ1n) is 13.4. The number of para-hydroxylation sites is 1. The van der Waals surface area contributed by atoms with Gasteiger partial charge in [-0.25, -0.2) is 18.5 Å². The first-order valence-corrected chi connectivity index (χ1v) is 15.9. The number of anilines is 1. The summed E-state index contributed by atoms with van der Waals surface area (Å²) in [5, 5.41) is 8.46. The highest BCUT2D eigenvalue weighted by atomic mass is 32.2. The van der Waals surface area contributed by atoms with Crippen LogP contribution in [-0.4, -0.2) is 43.3 Å². The van der Waals surface area contributed by atoms with Gasteiger partial charge in [-0.1, -0.05) is 55.9 Å². The molecule has 0 aliphatic heterocycles. The zero-order valence-electron chi connectivity index (χ0n) is 23.9. The lowest BCUT2D eigenvalue weighted by molar-refractivity contribution is -0.115. The topological polar surface area (TPSA) is 143 Å². The fourth-order valence-corrected chi connectivity index (χ4v) is 6.07. The minimum absolute atomic E-state index is 0.00882. The molecule has 1 heterocycles. The van der Waals surface area contributed by atoms with Crippen LogP contribution in [0.4, 0.5) is 5.69 Å². The zero-order valence-corrected chi connectivity index (χ0v) is 25.6. The molecule has 222 valence electrons. The number of hydrogen-bond donors (Lipinski definition) is 2. The number of ether oxygens (including phenoxy) is 2. The Hall–Kier alpha value is -3.87. The molecule has 0 bridgehead atoms. The van der Waals surface area contributed by atoms with E-state index in [1.807, 2.05) is 38.1 Å². The highest BCUT2D eigenvalue weighted by Gasteiger charge is 2.23. The molecular weight excluding hydrogens is 576 g/mol. The Labute approximate surface area is 249 Å². The summed E-state index contributed by atoms with van der Waals surface area (Å²) in [5.74, 6) is 0.645. The van der Waals surface area contributed by atoms with E-state index >= 15 is 0 Å². The maximum absolute atomic E-state index is 13.9. The number of primary sulfonamides is 1. The number of sulfonamides is 1. The average Bonchev–Trinajstić information content (AvgIpc) is 2.98. The van der Waals surface area contributed by atoms with Crippen LogP contribution in [0, 0.1) is 0 Å². The van der Waals surface area contributed by atoms with E-state index in [2.05, 4.69) is 5.32 Å². The van der Waals surface area contributed by atoms with Gasteiger partial charge in [-0.2, -0.15) is 0 Å². The molecule has 0 fully saturated rings. The van der Waals surface area contributed by atoms with Crippen molar-refractivity contribution >= 4 is 44.3 Å². The third-order valence-corrected chi connectivity index (χ3v) is 9.15. The minimum Gasteiger partial charge on any atom is -0.493 e. The van der Waals surface area contributed by atoms with Crippen molar-refractivity contribution in [1.29, 1.82) is 0 Å². The number of carbonyl (C=O) groups excluding carboxylic acids is 1. The largest absolute Gasteiger partial charge is 0.493 e. The maximum Gasteiger partial charge on any atom is 0.262 e. The summed E-state index contributed by atoms with van der Waals surface area (Å²) in [6, 6.07) is 17.1. The number of benzene rings is 3. The van der Waals surface area contributed by atoms with Crippen LogP contribution in [0.25, 0.3) is 10.9 Å². The summed E-state index contributed by atoms with van der Waals surface area (Å²) in [5.41, 5.74) is 2.71. The third kappa shape index (κ3) is 6.94. The fourth-order valence-electron chi connectivity index (χ4n) is 4.51. The summed E-state index contributed by atoms with van der Waals surface area (Å²) in [6.07, 6.45) is 1.68. The number of aryl methyl sites for hydroxylation is 2. The molecule has 3 N–H and O–H groups in total. The molecule has 1 aromatic heterocycles. The van der Waals surface area contributed by atoms with Crippen LogP contribution in [0.1, 0.15) is 31.4 Å². The second kappa shape index (κ2) is 13.4. The van der Waals surface area contributed by atoms with Gasteiger partial charge >= 0.3 is 0 Å². The van der Waals surface area contributed by atoms with Crippen molar-refractivity contribution < 1.29 is 22.7 Å². The summed E-state index contributed by atoms with van der Waals surface area (Å²) in [4.78, 5) is 32.1. The highest BCUT2D eigenvalue weighted by molar-refractivity contribution is 8.00. The zero-order chi connectivity index (χ0) is 30.4. The van der Waals surface area contributed by atoms with Gasteiger partial charge in [-0.3, -0.25) is 14.2 Å². The van der Waals surface area contributed by atoms with E-state index < -0.39 is 15.3 Å². The van der Waals surface area contributed by atoms with E-state index in [0.29, 0.717) is 40.4 Å². The summed E-state index contributed by atoms with van der Waals surface area (Å²) in [6.45, 7) is 4.18. The molecule has 42 heavy (non-hydrogen) atoms. The SMILES string of the molecule is CCc1ccccc1NC(=O)[C@@H](CC)Sc1nc2cc(OC)c(OC)cc2c(=O)n1CCc1ccc(S(N)(=O)=O)cc1. The molecular formula is C30H34N4O6S2. The Morgan fingerprint density at radius 1 is 1.05 bits per heavy atom. The second-order valence-corrected chi connectivity index (χ2v) is 12.3. The van der Waals surface area contributed by atoms with Crippen molar-refractivity contribution in [3.05, 3.63) is 82.1 Å². The number of aromatic nitrogens is 2. The molecule has 0 saturated carbocycles. The number of fused-ring (bicyclic) bond motifs is 1. The van der Waals surface area contributed by atoms with Gasteiger partial charge in [0.15, 0.2) is 16.7 Å². The first kappa shape index (κ1) is 31.1. The van der Waals surface area contributed by atoms with Crippen molar-refractivity contribution in [1.82, 2.24) is 9.55 Å². The molecule has 0 saturated heterocycles. The number of hydrogen-bond acceptors (Lipinski definition) is 8. The van der Waals surface area contributed by atoms with E-state index in [9.17, 15) is 18.0 Å². The predicted molar refractivity (Wildman–Crippen MR) is 165 cm³/mol. The lowest BCUT2D eigenvalue weighted by Gasteiger charge is -2.19. The van der Waals surface area contributed by atoms with Crippen LogP contribution in [0.2, 0.25) is 0 Å². The van der Waals surface area contributed by atoms with Crippen LogP contribution in [0.15, 0.2) is 75.5 Å². The summed E-state index contributed by atoms with van der Waals surface area (Å²) in [7, 11) is -0.818. The molecule has 0 spiro atoms. The van der Waals surface area contributed by atoms with Gasteiger partial charge in [0.1, 0.15) is 0 Å². The number of nitrogens with two attached hydrogens (primary N) is 1. The third-order valence-electron chi connectivity index (χ3n) is 6.87. The Morgan fingerprint density at radius 3 is 2.33 bits per heavy atom. The number of rotatable bonds is 12. The Morgan fingerprint density at radius 2 is 1.71 bits per heavy atom. The molecule has 0 radical (unpaired) electrons. The minimum atomic E-state index is -3.82. The Kier molecular flexibility index (Phi) is 9.92. The van der Waals surface area contributed by atoms with Crippen LogP contribution in [0.5, 0.6) is 11.5 Å². The van der Waals surface area contributed by atoms with Gasteiger partial charge in [-0.05, 0) is 54.7 Å². The monoisotopic (exact) mass is 610 g/mol. The summed E-state index contributed by atoms with van der Waals surface area (Å²) >= 11 is 1.22. The van der Waals surface area contributed by atoms with Crippen LogP contribution in [-0.2, 0) is 34.2 Å². The number of nitrogens with zero attached hydrogens (tertiary/aromatic N) is 2. The second-order valence-electron chi connectivity index (χ2n) is 9.53. The molecule has 1 amide bonds. The number of thioether (sulfide) groups is 1. The first-order chi connectivity index (χ1) is 20.1. The molecule has 12 heteroatoms. The number of methoxy groups -OCH3 is 2. The lowest BCUT2D eigenvalue weighted by atomic mass is 10.1. The molecule has 4 rings (SSSR count). The van der Waals surface area contributed by atoms with Crippen molar-refractivity contribution in [2.45, 2.75) is 55.0 Å². The van der Waals surface area contributed by atoms with E-state index in [4.69, 9.17) is 19.6 Å². The van der Waals surface area contributed by atoms with Gasteiger partial charge in [0.05, 0.1) is 35.3 Å². The van der Waals surface area contributed by atoms with E-state index in [1.54, 1.807) is 28.8 Å². The van der Waals surface area contributed by atoms with Crippen LogP contribution in [0.3, 0.4) is 0 Å². The van der Waals surface area contributed by atoms with E-state index in [1.165, 1.54) is 38.1 Å². The Bertz CT molecular complexity index is 1750. The molecule has 4 aromatic rings. The van der Waals surface area contributed by atoms with E-state index in [-0.39, 0.29) is 22.9 Å². The number of amides is 1. The molecule has 0 aliphatic carbocycles. The highest BCUT2D eigenvalue weighted by Crippen LogP contribution is 2.32. The summed E-state index contributed by atoms with van der Waals surface area (Å²) < 4.78 is 35.7. The van der Waals surface area contributed by atoms with Crippen molar-refractivity contribution in [2.24, 2.45) is 5.14 Å². The molecule has 10 nitrogen and oxygen atoms in total. The van der Waals surface area contributed by atoms with Crippen molar-refractivity contribution in [2.75, 3.05) is 19.5 Å². The standard InChI is InChI=1S/C30H34N4O6S2/c1-5-20-9-7-8-10-23(20)32-28(35)27(6-2)41-30-33-24-18-26(40-4)25(39-3)17-22(24)29(36)34(30)16-15-19-11-13-21(14-12-19)42(31,37)38/h7-14,17-18,27H,5-6,15-16H2,1-4H3,(H,32,35)(H2,31,37,38)/t27-/m1/s1. The van der Waals surface area contributed by atoms with Crippen LogP contribution < -0.4 is 25.5 Å².